The van der Waals surface area contributed by atoms with Crippen molar-refractivity contribution in [1.82, 2.24) is 37.2 Å². The monoisotopic (exact) mass is 885 g/mol. The molecule has 0 rings (SSSR count). The number of carboxylic acids is 2. The van der Waals surface area contributed by atoms with Gasteiger partial charge in [-0.05, 0) is 77.2 Å². The van der Waals surface area contributed by atoms with Gasteiger partial charge in [0.25, 0.3) is 0 Å². The highest BCUT2D eigenvalue weighted by atomic mass is 16.4. The second-order valence-corrected chi connectivity index (χ2v) is 16.7. The molecular weight excluding hydrogens is 812 g/mol. The number of unbranched alkanes of at least 4 members (excludes halogenated alkanes) is 1. The first kappa shape index (κ1) is 56.6. The van der Waals surface area contributed by atoms with Crippen molar-refractivity contribution < 1.29 is 58.2 Å². The van der Waals surface area contributed by atoms with E-state index in [0.717, 1.165) is 0 Å². The SMILES string of the molecule is CC[C@H](C)[C@H](N)C(=O)NC(C)(C)C(=O)N[C@@H](CC(C)C)C(=O)N[C@@H](CC(=O)O)C(=O)N[C@@H](CCCCN)C(=O)N[C@H](C(=O)N[C@@H](C)C(=O)N[C@@H](CCC(N)=O)C(=O)O)[C@@H](C)CC. The molecular formula is C40H72N10O12. The Morgan fingerprint density at radius 2 is 1.15 bits per heavy atom. The van der Waals surface area contributed by atoms with Gasteiger partial charge in [-0.25, -0.2) is 4.79 Å². The fourth-order valence-electron chi connectivity index (χ4n) is 5.86. The molecule has 0 aromatic carbocycles. The number of nitrogens with one attached hydrogen (secondary N) is 7. The van der Waals surface area contributed by atoms with Gasteiger partial charge >= 0.3 is 11.9 Å². The molecule has 62 heavy (non-hydrogen) atoms. The van der Waals surface area contributed by atoms with Crippen molar-refractivity contribution in [3.63, 3.8) is 0 Å². The zero-order valence-electron chi connectivity index (χ0n) is 37.6. The van der Waals surface area contributed by atoms with Gasteiger partial charge in [-0.3, -0.25) is 43.2 Å². The quantitative estimate of drug-likeness (QED) is 0.0356. The fourth-order valence-corrected chi connectivity index (χ4v) is 5.86. The highest BCUT2D eigenvalue weighted by Gasteiger charge is 2.38. The van der Waals surface area contributed by atoms with E-state index in [1.807, 2.05) is 6.92 Å². The zero-order valence-corrected chi connectivity index (χ0v) is 37.6. The van der Waals surface area contributed by atoms with E-state index in [0.29, 0.717) is 25.7 Å². The van der Waals surface area contributed by atoms with E-state index in [-0.39, 0.29) is 44.1 Å². The Labute approximate surface area is 363 Å². The maximum absolute atomic E-state index is 13.9. The Bertz CT molecular complexity index is 1580. The number of nitrogens with two attached hydrogens (primary N) is 3. The van der Waals surface area contributed by atoms with E-state index < -0.39 is 119 Å². The Kier molecular flexibility index (Phi) is 25.2. The van der Waals surface area contributed by atoms with Crippen molar-refractivity contribution in [2.24, 2.45) is 35.0 Å². The third kappa shape index (κ3) is 20.5. The molecule has 8 amide bonds. The molecule has 0 bridgehead atoms. The lowest BCUT2D eigenvalue weighted by atomic mass is 9.96. The smallest absolute Gasteiger partial charge is 0.326 e. The molecule has 9 atom stereocenters. The van der Waals surface area contributed by atoms with Crippen molar-refractivity contribution in [2.75, 3.05) is 6.54 Å². The average molecular weight is 885 g/mol. The fraction of sp³-hybridized carbons (Fsp3) is 0.750. The molecule has 354 valence electrons. The van der Waals surface area contributed by atoms with Gasteiger partial charge in [0, 0.05) is 6.42 Å². The Morgan fingerprint density at radius 3 is 1.65 bits per heavy atom. The molecule has 22 nitrogen and oxygen atoms in total. The van der Waals surface area contributed by atoms with Gasteiger partial charge in [0.1, 0.15) is 41.8 Å². The molecule has 0 aliphatic carbocycles. The van der Waals surface area contributed by atoms with Gasteiger partial charge in [-0.2, -0.15) is 0 Å². The van der Waals surface area contributed by atoms with Crippen LogP contribution in [0.25, 0.3) is 0 Å². The molecule has 0 saturated heterocycles. The van der Waals surface area contributed by atoms with Crippen LogP contribution in [0.4, 0.5) is 0 Å². The molecule has 0 spiro atoms. The van der Waals surface area contributed by atoms with E-state index in [4.69, 9.17) is 17.2 Å². The van der Waals surface area contributed by atoms with Crippen LogP contribution in [-0.4, -0.2) is 124 Å². The highest BCUT2D eigenvalue weighted by molar-refractivity contribution is 5.99. The number of carbonyl (C=O) groups is 10. The minimum atomic E-state index is -1.75. The van der Waals surface area contributed by atoms with Gasteiger partial charge in [-0.15, -0.1) is 0 Å². The van der Waals surface area contributed by atoms with Crippen molar-refractivity contribution >= 4 is 59.2 Å². The summed E-state index contributed by atoms with van der Waals surface area (Å²) in [6, 6.07) is -9.37. The third-order valence-electron chi connectivity index (χ3n) is 10.3. The molecule has 0 aliphatic rings. The van der Waals surface area contributed by atoms with Crippen LogP contribution in [-0.2, 0) is 47.9 Å². The Morgan fingerprint density at radius 1 is 0.613 bits per heavy atom. The summed E-state index contributed by atoms with van der Waals surface area (Å²) >= 11 is 0. The van der Waals surface area contributed by atoms with Crippen molar-refractivity contribution in [2.45, 2.75) is 168 Å². The molecule has 0 aromatic heterocycles. The normalized spacial score (nSPS) is 15.7. The minimum Gasteiger partial charge on any atom is -0.481 e. The molecule has 0 fully saturated rings. The van der Waals surface area contributed by atoms with Crippen LogP contribution >= 0.6 is 0 Å². The summed E-state index contributed by atoms with van der Waals surface area (Å²) in [6.07, 6.45) is 0.187. The number of hydrogen-bond acceptors (Lipinski definition) is 12. The number of carbonyl (C=O) groups excluding carboxylic acids is 8. The summed E-state index contributed by atoms with van der Waals surface area (Å²) < 4.78 is 0. The summed E-state index contributed by atoms with van der Waals surface area (Å²) in [5, 5.41) is 36.5. The number of carboxylic acid groups (broad SMARTS) is 2. The lowest BCUT2D eigenvalue weighted by Gasteiger charge is -2.31. The van der Waals surface area contributed by atoms with E-state index in [9.17, 15) is 58.2 Å². The average Bonchev–Trinajstić information content (AvgIpc) is 3.18. The van der Waals surface area contributed by atoms with Gasteiger partial charge in [-0.1, -0.05) is 54.4 Å². The number of hydrogen-bond donors (Lipinski definition) is 12. The van der Waals surface area contributed by atoms with E-state index >= 15 is 0 Å². The number of aliphatic carboxylic acids is 2. The van der Waals surface area contributed by atoms with Crippen LogP contribution in [0.3, 0.4) is 0 Å². The van der Waals surface area contributed by atoms with E-state index in [2.05, 4.69) is 37.2 Å². The van der Waals surface area contributed by atoms with Gasteiger partial charge < -0.3 is 64.6 Å². The first-order chi connectivity index (χ1) is 28.7. The molecule has 0 heterocycles. The second-order valence-electron chi connectivity index (χ2n) is 16.7. The zero-order chi connectivity index (χ0) is 48.1. The summed E-state index contributed by atoms with van der Waals surface area (Å²) in [4.78, 5) is 129. The second kappa shape index (κ2) is 27.5. The van der Waals surface area contributed by atoms with Crippen LogP contribution < -0.4 is 54.4 Å². The summed E-state index contributed by atoms with van der Waals surface area (Å²) in [6.45, 7) is 14.9. The van der Waals surface area contributed by atoms with Crippen LogP contribution in [0, 0.1) is 17.8 Å². The van der Waals surface area contributed by atoms with Crippen molar-refractivity contribution in [1.29, 1.82) is 0 Å². The highest BCUT2D eigenvalue weighted by Crippen LogP contribution is 2.14. The lowest BCUT2D eigenvalue weighted by molar-refractivity contribution is -0.143. The van der Waals surface area contributed by atoms with Crippen molar-refractivity contribution in [3.8, 4) is 0 Å². The molecule has 22 heteroatoms. The number of amides is 8. The van der Waals surface area contributed by atoms with Gasteiger partial charge in [0.15, 0.2) is 0 Å². The number of primary amides is 1. The molecule has 15 N–H and O–H groups in total. The molecule has 0 radical (unpaired) electrons. The lowest BCUT2D eigenvalue weighted by Crippen LogP contribution is -2.63. The Balaban J connectivity index is 6.34. The minimum absolute atomic E-state index is 0.0223. The number of rotatable bonds is 30. The molecule has 0 aromatic rings. The summed E-state index contributed by atoms with van der Waals surface area (Å²) in [5.74, 6) is -10.5. The predicted octanol–water partition coefficient (Wildman–Crippen LogP) is -1.77. The van der Waals surface area contributed by atoms with Crippen LogP contribution in [0.5, 0.6) is 0 Å². The van der Waals surface area contributed by atoms with Gasteiger partial charge in [0.2, 0.25) is 47.3 Å². The first-order valence-electron chi connectivity index (χ1n) is 21.1. The van der Waals surface area contributed by atoms with Crippen LogP contribution in [0.1, 0.15) is 120 Å². The molecule has 0 unspecified atom stereocenters. The molecule has 0 aliphatic heterocycles. The summed E-state index contributed by atoms with van der Waals surface area (Å²) in [5.41, 5.74) is 15.3. The predicted molar refractivity (Wildman–Crippen MR) is 227 cm³/mol. The maximum Gasteiger partial charge on any atom is 0.326 e. The van der Waals surface area contributed by atoms with Crippen molar-refractivity contribution in [3.05, 3.63) is 0 Å². The van der Waals surface area contributed by atoms with Crippen LogP contribution in [0.15, 0.2) is 0 Å². The van der Waals surface area contributed by atoms with E-state index in [1.165, 1.54) is 20.8 Å². The molecule has 0 saturated carbocycles. The summed E-state index contributed by atoms with van der Waals surface area (Å²) in [7, 11) is 0. The Hall–Kier alpha value is -5.38. The van der Waals surface area contributed by atoms with E-state index in [1.54, 1.807) is 34.6 Å². The third-order valence-corrected chi connectivity index (χ3v) is 10.3. The standard InChI is InChI=1S/C40H72N10O12/c1-10-21(5)30(43)36(58)50-40(8,9)39(62)48-26(18-20(3)4)34(56)47-27(19-29(52)53)35(57)45-24(14-12-13-17-41)33(55)49-31(22(6)11-2)37(59)44-23(7)32(54)46-25(38(60)61)15-16-28(42)51/h20-27,30-31H,10-19,41,43H2,1-9H3,(H2,42,51)(H,44,59)(H,45,57)(H,46,54)(H,47,56)(H,48,62)(H,49,55)(H,50,58)(H,52,53)(H,60,61)/t21-,22-,23-,24-,25-,26-,27-,30-,31-/m0/s1. The van der Waals surface area contributed by atoms with Crippen LogP contribution in [0.2, 0.25) is 0 Å². The van der Waals surface area contributed by atoms with Gasteiger partial charge in [0.05, 0.1) is 12.5 Å². The topological polar surface area (TPSA) is 373 Å². The first-order valence-corrected chi connectivity index (χ1v) is 21.1. The largest absolute Gasteiger partial charge is 0.481 e. The maximum atomic E-state index is 13.9.